The first-order chi connectivity index (χ1) is 15.6. The van der Waals surface area contributed by atoms with Crippen LogP contribution in [-0.2, 0) is 10.3 Å². The van der Waals surface area contributed by atoms with Crippen molar-refractivity contribution in [2.45, 2.75) is 37.3 Å². The molecule has 0 aliphatic heterocycles. The van der Waals surface area contributed by atoms with Crippen molar-refractivity contribution in [1.82, 2.24) is 5.32 Å². The van der Waals surface area contributed by atoms with Gasteiger partial charge >= 0.3 is 5.97 Å². The van der Waals surface area contributed by atoms with Crippen molar-refractivity contribution < 1.29 is 14.6 Å². The SMILES string of the molecule is COc1ccc(C(NCCCCC[C@H](N)C(=O)O)(c2ccccc2)c2ccccc2)cc1. The molecule has 168 valence electrons. The third-order valence-electron chi connectivity index (χ3n) is 5.84. The fourth-order valence-corrected chi connectivity index (χ4v) is 4.09. The van der Waals surface area contributed by atoms with E-state index in [1.54, 1.807) is 7.11 Å². The molecular weight excluding hydrogens is 400 g/mol. The van der Waals surface area contributed by atoms with Gasteiger partial charge < -0.3 is 15.6 Å². The third-order valence-corrected chi connectivity index (χ3v) is 5.84. The largest absolute Gasteiger partial charge is 0.497 e. The van der Waals surface area contributed by atoms with Crippen molar-refractivity contribution in [3.05, 3.63) is 102 Å². The summed E-state index contributed by atoms with van der Waals surface area (Å²) >= 11 is 0. The number of benzene rings is 3. The van der Waals surface area contributed by atoms with E-state index in [0.717, 1.165) is 48.2 Å². The molecule has 5 nitrogen and oxygen atoms in total. The number of methoxy groups -OCH3 is 1. The fraction of sp³-hybridized carbons (Fsp3) is 0.296. The summed E-state index contributed by atoms with van der Waals surface area (Å²) in [6, 6.07) is 28.3. The molecule has 0 aliphatic carbocycles. The van der Waals surface area contributed by atoms with E-state index < -0.39 is 17.6 Å². The number of carboxylic acids is 1. The number of ether oxygens (including phenoxy) is 1. The first-order valence-corrected chi connectivity index (χ1v) is 11.1. The minimum absolute atomic E-state index is 0.496. The number of nitrogens with two attached hydrogens (primary N) is 1. The number of aliphatic carboxylic acids is 1. The Morgan fingerprint density at radius 1 is 0.875 bits per heavy atom. The summed E-state index contributed by atoms with van der Waals surface area (Å²) in [6.45, 7) is 0.776. The molecule has 4 N–H and O–H groups in total. The van der Waals surface area contributed by atoms with Crippen LogP contribution in [0.25, 0.3) is 0 Å². The van der Waals surface area contributed by atoms with E-state index in [-0.39, 0.29) is 0 Å². The summed E-state index contributed by atoms with van der Waals surface area (Å²) in [4.78, 5) is 10.9. The number of hydrogen-bond acceptors (Lipinski definition) is 4. The first-order valence-electron chi connectivity index (χ1n) is 11.1. The number of rotatable bonds is 12. The van der Waals surface area contributed by atoms with E-state index >= 15 is 0 Å². The molecule has 0 radical (unpaired) electrons. The van der Waals surface area contributed by atoms with Gasteiger partial charge in [-0.2, -0.15) is 0 Å². The Bertz CT molecular complexity index is 920. The van der Waals surface area contributed by atoms with E-state index in [4.69, 9.17) is 15.6 Å². The average molecular weight is 433 g/mol. The molecule has 3 aromatic rings. The standard InChI is InChI=1S/C27H32N2O3/c1-32-24-18-16-23(17-19-24)27(21-11-5-2-6-12-21,22-13-7-3-8-14-22)29-20-10-4-9-15-25(28)26(30)31/h2-3,5-8,11-14,16-19,25,29H,4,9-10,15,20,28H2,1H3,(H,30,31)/t25-/m0/s1. The molecule has 3 aromatic carbocycles. The van der Waals surface area contributed by atoms with Gasteiger partial charge in [-0.1, -0.05) is 85.6 Å². The number of carbonyl (C=O) groups is 1. The monoisotopic (exact) mass is 432 g/mol. The molecule has 0 aliphatic rings. The zero-order chi connectivity index (χ0) is 22.8. The molecule has 0 heterocycles. The lowest BCUT2D eigenvalue weighted by molar-refractivity contribution is -0.138. The van der Waals surface area contributed by atoms with Crippen LogP contribution in [0, 0.1) is 0 Å². The highest BCUT2D eigenvalue weighted by Crippen LogP contribution is 2.37. The second-order valence-electron chi connectivity index (χ2n) is 7.93. The number of carboxylic acid groups (broad SMARTS) is 1. The molecule has 32 heavy (non-hydrogen) atoms. The van der Waals surface area contributed by atoms with Gasteiger partial charge in [-0.15, -0.1) is 0 Å². The summed E-state index contributed by atoms with van der Waals surface area (Å²) in [5.74, 6) is -0.117. The zero-order valence-electron chi connectivity index (χ0n) is 18.5. The minimum atomic E-state index is -0.935. The van der Waals surface area contributed by atoms with Gasteiger partial charge in [-0.25, -0.2) is 0 Å². The highest BCUT2D eigenvalue weighted by Gasteiger charge is 2.35. The Morgan fingerprint density at radius 3 is 1.91 bits per heavy atom. The number of nitrogens with one attached hydrogen (secondary N) is 1. The van der Waals surface area contributed by atoms with E-state index in [2.05, 4.69) is 66.0 Å². The van der Waals surface area contributed by atoms with Crippen molar-refractivity contribution in [3.8, 4) is 5.75 Å². The Hall–Kier alpha value is -3.15. The quantitative estimate of drug-likeness (QED) is 0.289. The first kappa shape index (κ1) is 23.5. The molecule has 0 aromatic heterocycles. The van der Waals surface area contributed by atoms with Crippen molar-refractivity contribution in [3.63, 3.8) is 0 Å². The number of hydrogen-bond donors (Lipinski definition) is 3. The number of unbranched alkanes of at least 4 members (excludes halogenated alkanes) is 2. The van der Waals surface area contributed by atoms with Crippen molar-refractivity contribution in [2.24, 2.45) is 5.73 Å². The lowest BCUT2D eigenvalue weighted by Gasteiger charge is -2.37. The fourth-order valence-electron chi connectivity index (χ4n) is 4.09. The molecule has 0 unspecified atom stereocenters. The van der Waals surface area contributed by atoms with Crippen LogP contribution in [0.15, 0.2) is 84.9 Å². The van der Waals surface area contributed by atoms with Crippen molar-refractivity contribution in [2.75, 3.05) is 13.7 Å². The summed E-state index contributed by atoms with van der Waals surface area (Å²) in [5, 5.41) is 12.8. The van der Waals surface area contributed by atoms with Crippen molar-refractivity contribution >= 4 is 5.97 Å². The van der Waals surface area contributed by atoms with E-state index in [1.165, 1.54) is 0 Å². The summed E-state index contributed by atoms with van der Waals surface area (Å²) in [6.07, 6.45) is 3.12. The molecule has 0 amide bonds. The topological polar surface area (TPSA) is 84.6 Å². The van der Waals surface area contributed by atoms with E-state index in [1.807, 2.05) is 24.3 Å². The second-order valence-corrected chi connectivity index (χ2v) is 7.93. The average Bonchev–Trinajstić information content (AvgIpc) is 2.85. The normalized spacial score (nSPS) is 12.3. The Labute approximate surface area is 190 Å². The van der Waals surface area contributed by atoms with Crippen LogP contribution in [0.1, 0.15) is 42.4 Å². The Morgan fingerprint density at radius 2 is 1.41 bits per heavy atom. The molecular formula is C27H32N2O3. The Balaban J connectivity index is 1.88. The van der Waals surface area contributed by atoms with Gasteiger partial charge in [0, 0.05) is 0 Å². The molecule has 3 rings (SSSR count). The molecule has 0 spiro atoms. The van der Waals surface area contributed by atoms with Crippen LogP contribution in [0.5, 0.6) is 5.75 Å². The summed E-state index contributed by atoms with van der Waals surface area (Å²) in [5.41, 5.74) is 8.55. The lowest BCUT2D eigenvalue weighted by atomic mass is 9.77. The zero-order valence-corrected chi connectivity index (χ0v) is 18.5. The predicted molar refractivity (Wildman–Crippen MR) is 128 cm³/mol. The Kier molecular flexibility index (Phi) is 8.42. The van der Waals surface area contributed by atoms with Gasteiger partial charge in [0.05, 0.1) is 12.6 Å². The molecule has 0 bridgehead atoms. The molecule has 5 heteroatoms. The van der Waals surface area contributed by atoms with Crippen LogP contribution in [-0.4, -0.2) is 30.8 Å². The van der Waals surface area contributed by atoms with Crippen LogP contribution < -0.4 is 15.8 Å². The maximum absolute atomic E-state index is 10.9. The van der Waals surface area contributed by atoms with Gasteiger partial charge in [-0.3, -0.25) is 10.1 Å². The maximum atomic E-state index is 10.9. The van der Waals surface area contributed by atoms with Crippen LogP contribution in [0.3, 0.4) is 0 Å². The van der Waals surface area contributed by atoms with Gasteiger partial charge in [-0.05, 0) is 48.2 Å². The maximum Gasteiger partial charge on any atom is 0.320 e. The summed E-state index contributed by atoms with van der Waals surface area (Å²) < 4.78 is 5.38. The van der Waals surface area contributed by atoms with Crippen LogP contribution >= 0.6 is 0 Å². The highest BCUT2D eigenvalue weighted by atomic mass is 16.5. The third kappa shape index (κ3) is 5.55. The minimum Gasteiger partial charge on any atom is -0.497 e. The lowest BCUT2D eigenvalue weighted by Crippen LogP contribution is -2.45. The molecule has 0 saturated heterocycles. The molecule has 1 atom stereocenters. The smallest absolute Gasteiger partial charge is 0.320 e. The van der Waals surface area contributed by atoms with Gasteiger partial charge in [0.15, 0.2) is 0 Å². The van der Waals surface area contributed by atoms with Crippen LogP contribution in [0.2, 0.25) is 0 Å². The van der Waals surface area contributed by atoms with Gasteiger partial charge in [0.25, 0.3) is 0 Å². The van der Waals surface area contributed by atoms with E-state index in [9.17, 15) is 4.79 Å². The van der Waals surface area contributed by atoms with Gasteiger partial charge in [0.2, 0.25) is 0 Å². The predicted octanol–water partition coefficient (Wildman–Crippen LogP) is 4.55. The van der Waals surface area contributed by atoms with Crippen molar-refractivity contribution in [1.29, 1.82) is 0 Å². The molecule has 0 fully saturated rings. The van der Waals surface area contributed by atoms with Crippen LogP contribution in [0.4, 0.5) is 0 Å². The second kappa shape index (κ2) is 11.5. The van der Waals surface area contributed by atoms with Gasteiger partial charge in [0.1, 0.15) is 11.8 Å². The molecule has 0 saturated carbocycles. The highest BCUT2D eigenvalue weighted by molar-refractivity contribution is 5.72. The van der Waals surface area contributed by atoms with E-state index in [0.29, 0.717) is 6.42 Å². The summed E-state index contributed by atoms with van der Waals surface area (Å²) in [7, 11) is 1.67.